The number of benzene rings is 1. The molecule has 1 N–H and O–H groups in total. The average Bonchev–Trinajstić information content (AvgIpc) is 2.75. The first-order valence-electron chi connectivity index (χ1n) is 9.43. The maximum absolute atomic E-state index is 10.3. The van der Waals surface area contributed by atoms with Crippen molar-refractivity contribution >= 4 is 0 Å². The number of aromatic hydroxyl groups is 1. The summed E-state index contributed by atoms with van der Waals surface area (Å²) in [5, 5.41) is 10.3. The van der Waals surface area contributed by atoms with E-state index in [1.807, 2.05) is 6.07 Å². The van der Waals surface area contributed by atoms with E-state index in [0.29, 0.717) is 17.4 Å². The molecule has 8 heteroatoms. The lowest BCUT2D eigenvalue weighted by Gasteiger charge is -2.32. The van der Waals surface area contributed by atoms with Gasteiger partial charge in [-0.05, 0) is 25.0 Å². The van der Waals surface area contributed by atoms with Gasteiger partial charge in [-0.25, -0.2) is 29.9 Å². The van der Waals surface area contributed by atoms with Gasteiger partial charge < -0.3 is 9.84 Å². The SMILES string of the molecule is CCCC(c1ncncn1)C(Oc1ccccc1O)C(CC)c1ncncn1. The summed E-state index contributed by atoms with van der Waals surface area (Å²) in [5.74, 6) is 1.56. The van der Waals surface area contributed by atoms with Crippen LogP contribution in [0.4, 0.5) is 0 Å². The molecule has 2 heterocycles. The van der Waals surface area contributed by atoms with Gasteiger partial charge in [0.15, 0.2) is 11.5 Å². The summed E-state index contributed by atoms with van der Waals surface area (Å²) in [7, 11) is 0. The highest BCUT2D eigenvalue weighted by molar-refractivity contribution is 5.38. The van der Waals surface area contributed by atoms with Crippen LogP contribution >= 0.6 is 0 Å². The Morgan fingerprint density at radius 1 is 0.857 bits per heavy atom. The Bertz CT molecular complexity index is 850. The third-order valence-corrected chi connectivity index (χ3v) is 4.65. The molecule has 8 nitrogen and oxygen atoms in total. The normalized spacial score (nSPS) is 14.2. The summed E-state index contributed by atoms with van der Waals surface area (Å²) < 4.78 is 6.37. The van der Waals surface area contributed by atoms with Crippen LogP contribution in [0.2, 0.25) is 0 Å². The van der Waals surface area contributed by atoms with Crippen LogP contribution in [0, 0.1) is 0 Å². The standard InChI is InChI=1S/C20H24N6O2/c1-3-7-15(20-25-12-22-13-26-20)18(28-17-9-6-5-8-16(17)27)14(4-2)19-23-10-21-11-24-19/h5-6,8-15,18,27H,3-4,7H2,1-2H3. The molecule has 0 aliphatic carbocycles. The van der Waals surface area contributed by atoms with Gasteiger partial charge in [-0.1, -0.05) is 32.4 Å². The summed E-state index contributed by atoms with van der Waals surface area (Å²) in [4.78, 5) is 25.3. The second-order valence-corrected chi connectivity index (χ2v) is 6.45. The molecule has 2 aromatic heterocycles. The van der Waals surface area contributed by atoms with Crippen LogP contribution in [0.3, 0.4) is 0 Å². The number of ether oxygens (including phenoxy) is 1. The number of rotatable bonds is 9. The van der Waals surface area contributed by atoms with Gasteiger partial charge in [0, 0.05) is 0 Å². The molecule has 0 aliphatic rings. The topological polar surface area (TPSA) is 107 Å². The predicted molar refractivity (Wildman–Crippen MR) is 103 cm³/mol. The molecule has 146 valence electrons. The Morgan fingerprint density at radius 2 is 1.43 bits per heavy atom. The van der Waals surface area contributed by atoms with Gasteiger partial charge in [0.25, 0.3) is 0 Å². The van der Waals surface area contributed by atoms with Crippen molar-refractivity contribution in [1.29, 1.82) is 0 Å². The molecule has 3 aromatic rings. The molecule has 0 saturated heterocycles. The third-order valence-electron chi connectivity index (χ3n) is 4.65. The van der Waals surface area contributed by atoms with Gasteiger partial charge in [0.2, 0.25) is 0 Å². The van der Waals surface area contributed by atoms with Gasteiger partial charge >= 0.3 is 0 Å². The third kappa shape index (κ3) is 4.57. The van der Waals surface area contributed by atoms with Crippen LogP contribution in [-0.2, 0) is 0 Å². The van der Waals surface area contributed by atoms with Gasteiger partial charge in [0.05, 0.1) is 11.8 Å². The highest BCUT2D eigenvalue weighted by Crippen LogP contribution is 2.38. The first-order chi connectivity index (χ1) is 13.7. The Labute approximate surface area is 164 Å². The monoisotopic (exact) mass is 380 g/mol. The zero-order valence-electron chi connectivity index (χ0n) is 16.0. The van der Waals surface area contributed by atoms with Crippen LogP contribution in [0.15, 0.2) is 49.6 Å². The molecule has 3 atom stereocenters. The fourth-order valence-corrected chi connectivity index (χ4v) is 3.34. The van der Waals surface area contributed by atoms with E-state index in [-0.39, 0.29) is 23.7 Å². The van der Waals surface area contributed by atoms with Gasteiger partial charge in [-0.15, -0.1) is 0 Å². The molecule has 0 radical (unpaired) electrons. The van der Waals surface area contributed by atoms with Gasteiger partial charge in [-0.3, -0.25) is 0 Å². The summed E-state index contributed by atoms with van der Waals surface area (Å²) >= 11 is 0. The number of para-hydroxylation sites is 2. The summed E-state index contributed by atoms with van der Waals surface area (Å²) in [6.07, 6.45) is 8.06. The van der Waals surface area contributed by atoms with Crippen molar-refractivity contribution in [3.8, 4) is 11.5 Å². The van der Waals surface area contributed by atoms with E-state index in [2.05, 4.69) is 43.8 Å². The van der Waals surface area contributed by atoms with Crippen LogP contribution in [0.25, 0.3) is 0 Å². The minimum Gasteiger partial charge on any atom is -0.504 e. The van der Waals surface area contributed by atoms with E-state index in [1.165, 1.54) is 25.3 Å². The maximum Gasteiger partial charge on any atom is 0.161 e. The first kappa shape index (κ1) is 19.6. The average molecular weight is 380 g/mol. The van der Waals surface area contributed by atoms with Gasteiger partial charge in [0.1, 0.15) is 43.1 Å². The van der Waals surface area contributed by atoms with Crippen molar-refractivity contribution in [2.75, 3.05) is 0 Å². The Balaban J connectivity index is 2.05. The minimum absolute atomic E-state index is 0.0869. The van der Waals surface area contributed by atoms with Crippen LogP contribution in [0.5, 0.6) is 11.5 Å². The molecule has 0 bridgehead atoms. The number of phenols is 1. The molecule has 3 unspecified atom stereocenters. The molecule has 3 rings (SSSR count). The van der Waals surface area contributed by atoms with Gasteiger partial charge in [-0.2, -0.15) is 0 Å². The number of nitrogens with zero attached hydrogens (tertiary/aromatic N) is 6. The maximum atomic E-state index is 10.3. The van der Waals surface area contributed by atoms with Crippen molar-refractivity contribution in [3.05, 3.63) is 61.2 Å². The zero-order valence-corrected chi connectivity index (χ0v) is 16.0. The Hall–Kier alpha value is -3.16. The summed E-state index contributed by atoms with van der Waals surface area (Å²) in [6, 6.07) is 6.94. The van der Waals surface area contributed by atoms with Crippen molar-refractivity contribution in [1.82, 2.24) is 29.9 Å². The van der Waals surface area contributed by atoms with Crippen molar-refractivity contribution < 1.29 is 9.84 Å². The molecule has 28 heavy (non-hydrogen) atoms. The molecule has 0 fully saturated rings. The number of phenolic OH excluding ortho intramolecular Hbond substituents is 1. The largest absolute Gasteiger partial charge is 0.504 e. The highest BCUT2D eigenvalue weighted by atomic mass is 16.5. The van der Waals surface area contributed by atoms with E-state index in [4.69, 9.17) is 4.74 Å². The lowest BCUT2D eigenvalue weighted by atomic mass is 9.84. The highest BCUT2D eigenvalue weighted by Gasteiger charge is 2.36. The van der Waals surface area contributed by atoms with Crippen LogP contribution in [-0.4, -0.2) is 41.1 Å². The summed E-state index contributed by atoms with van der Waals surface area (Å²) in [6.45, 7) is 4.17. The fourth-order valence-electron chi connectivity index (χ4n) is 3.34. The number of hydrogen-bond acceptors (Lipinski definition) is 8. The lowest BCUT2D eigenvalue weighted by molar-refractivity contribution is 0.120. The quantitative estimate of drug-likeness (QED) is 0.603. The molecule has 1 aromatic carbocycles. The zero-order chi connectivity index (χ0) is 19.8. The van der Waals surface area contributed by atoms with E-state index in [1.54, 1.807) is 18.2 Å². The Morgan fingerprint density at radius 3 is 1.96 bits per heavy atom. The molecule has 0 saturated carbocycles. The Kier molecular flexibility index (Phi) is 6.78. The number of aromatic nitrogens is 6. The van der Waals surface area contributed by atoms with Crippen LogP contribution < -0.4 is 4.74 Å². The first-order valence-corrected chi connectivity index (χ1v) is 9.43. The van der Waals surface area contributed by atoms with Crippen LogP contribution in [0.1, 0.15) is 56.6 Å². The molecule has 0 aliphatic heterocycles. The molecular formula is C20H24N6O2. The van der Waals surface area contributed by atoms with Crippen molar-refractivity contribution in [2.24, 2.45) is 0 Å². The van der Waals surface area contributed by atoms with E-state index >= 15 is 0 Å². The van der Waals surface area contributed by atoms with Crippen molar-refractivity contribution in [3.63, 3.8) is 0 Å². The van der Waals surface area contributed by atoms with Crippen molar-refractivity contribution in [2.45, 2.75) is 51.0 Å². The molecule has 0 spiro atoms. The summed E-state index contributed by atoms with van der Waals surface area (Å²) in [5.41, 5.74) is 0. The smallest absolute Gasteiger partial charge is 0.161 e. The second-order valence-electron chi connectivity index (χ2n) is 6.45. The lowest BCUT2D eigenvalue weighted by Crippen LogP contribution is -2.34. The van der Waals surface area contributed by atoms with E-state index < -0.39 is 0 Å². The van der Waals surface area contributed by atoms with E-state index in [0.717, 1.165) is 19.3 Å². The predicted octanol–water partition coefficient (Wildman–Crippen LogP) is 3.29. The fraction of sp³-hybridized carbons (Fsp3) is 0.400. The molecular weight excluding hydrogens is 356 g/mol. The second kappa shape index (κ2) is 9.68. The number of hydrogen-bond donors (Lipinski definition) is 1. The molecule has 0 amide bonds. The van der Waals surface area contributed by atoms with E-state index in [9.17, 15) is 5.11 Å². The minimum atomic E-state index is -0.372.